The number of hydrogen-bond acceptors (Lipinski definition) is 6. The summed E-state index contributed by atoms with van der Waals surface area (Å²) in [5.41, 5.74) is 1.60. The molecule has 2 aromatic heterocycles. The molecule has 5 nitrogen and oxygen atoms in total. The Bertz CT molecular complexity index is 894. The molecule has 1 amide bonds. The van der Waals surface area contributed by atoms with Crippen LogP contribution in [0.15, 0.2) is 14.3 Å². The predicted molar refractivity (Wildman–Crippen MR) is 109 cm³/mol. The van der Waals surface area contributed by atoms with Gasteiger partial charge in [-0.05, 0) is 68.7 Å². The highest BCUT2D eigenvalue weighted by Crippen LogP contribution is 2.39. The molecule has 1 aliphatic rings. The predicted octanol–water partition coefficient (Wildman–Crippen LogP) is 5.13. The molecule has 3 rings (SSSR count). The van der Waals surface area contributed by atoms with Crippen molar-refractivity contribution in [3.8, 4) is 6.07 Å². The van der Waals surface area contributed by atoms with Crippen LogP contribution in [0.2, 0.25) is 0 Å². The fourth-order valence-corrected chi connectivity index (χ4v) is 6.08. The van der Waals surface area contributed by atoms with E-state index < -0.39 is 18.5 Å². The minimum atomic E-state index is -0.559. The molecule has 136 valence electrons. The molecule has 0 fully saturated rings. The van der Waals surface area contributed by atoms with Crippen molar-refractivity contribution in [2.45, 2.75) is 26.2 Å². The zero-order valence-electron chi connectivity index (χ0n) is 13.7. The minimum absolute atomic E-state index is 0.393. The van der Waals surface area contributed by atoms with E-state index in [1.54, 1.807) is 6.07 Å². The first-order valence-electron chi connectivity index (χ1n) is 7.85. The Morgan fingerprint density at radius 1 is 1.42 bits per heavy atom. The van der Waals surface area contributed by atoms with Gasteiger partial charge in [-0.15, -0.1) is 22.7 Å². The number of hydrogen-bond donors (Lipinski definition) is 1. The van der Waals surface area contributed by atoms with E-state index in [1.807, 2.05) is 0 Å². The van der Waals surface area contributed by atoms with Crippen molar-refractivity contribution < 1.29 is 14.3 Å². The quantitative estimate of drug-likeness (QED) is 0.570. The smallest absolute Gasteiger partial charge is 0.348 e. The third kappa shape index (κ3) is 4.19. The van der Waals surface area contributed by atoms with E-state index in [1.165, 1.54) is 27.6 Å². The summed E-state index contributed by atoms with van der Waals surface area (Å²) in [7, 11) is 0. The Balaban J connectivity index is 1.63. The van der Waals surface area contributed by atoms with E-state index in [2.05, 4.69) is 50.2 Å². The molecule has 2 aromatic rings. The first kappa shape index (κ1) is 19.5. The first-order valence-corrected chi connectivity index (χ1v) is 11.1. The summed E-state index contributed by atoms with van der Waals surface area (Å²) in [5.74, 6) is -0.422. The minimum Gasteiger partial charge on any atom is -0.451 e. The van der Waals surface area contributed by atoms with Gasteiger partial charge in [0.05, 0.1) is 9.35 Å². The van der Waals surface area contributed by atoms with Crippen molar-refractivity contribution in [2.75, 3.05) is 11.9 Å². The number of ether oxygens (including phenoxy) is 1. The normalized spacial score (nSPS) is 15.8. The van der Waals surface area contributed by atoms with Gasteiger partial charge in [0.25, 0.3) is 5.91 Å². The van der Waals surface area contributed by atoms with Gasteiger partial charge < -0.3 is 10.1 Å². The molecule has 0 spiro atoms. The summed E-state index contributed by atoms with van der Waals surface area (Å²) in [5, 5.41) is 12.7. The van der Waals surface area contributed by atoms with Gasteiger partial charge in [0.2, 0.25) is 0 Å². The molecular formula is C17H14Br2N2O3S2. The molecule has 0 saturated heterocycles. The second-order valence-corrected chi connectivity index (χ2v) is 10.4. The second kappa shape index (κ2) is 8.21. The Kier molecular flexibility index (Phi) is 6.17. The molecule has 0 saturated carbocycles. The molecular weight excluding hydrogens is 504 g/mol. The van der Waals surface area contributed by atoms with Crippen molar-refractivity contribution in [3.63, 3.8) is 0 Å². The molecule has 1 aliphatic carbocycles. The van der Waals surface area contributed by atoms with Crippen LogP contribution in [-0.4, -0.2) is 18.5 Å². The van der Waals surface area contributed by atoms with Gasteiger partial charge in [-0.2, -0.15) is 5.26 Å². The van der Waals surface area contributed by atoms with Crippen LogP contribution in [0.4, 0.5) is 5.00 Å². The number of thiophene rings is 2. The van der Waals surface area contributed by atoms with Crippen LogP contribution in [0, 0.1) is 17.2 Å². The fourth-order valence-electron chi connectivity index (χ4n) is 2.77. The SMILES string of the molecule is CC1CCc2c(sc(NC(=O)COC(=O)c3cc(Br)c(Br)s3)c2C#N)C1. The molecule has 1 N–H and O–H groups in total. The fraction of sp³-hybridized carbons (Fsp3) is 0.353. The number of fused-ring (bicyclic) bond motifs is 1. The number of esters is 1. The average Bonchev–Trinajstić information content (AvgIpc) is 3.11. The van der Waals surface area contributed by atoms with E-state index in [0.717, 1.165) is 33.1 Å². The Hall–Kier alpha value is -1.21. The summed E-state index contributed by atoms with van der Waals surface area (Å²) in [6.07, 6.45) is 2.85. The van der Waals surface area contributed by atoms with Gasteiger partial charge >= 0.3 is 5.97 Å². The van der Waals surface area contributed by atoms with E-state index in [4.69, 9.17) is 4.74 Å². The lowest BCUT2D eigenvalue weighted by molar-refractivity contribution is -0.119. The Morgan fingerprint density at radius 2 is 2.19 bits per heavy atom. The maximum Gasteiger partial charge on any atom is 0.348 e. The first-order chi connectivity index (χ1) is 12.4. The van der Waals surface area contributed by atoms with E-state index in [9.17, 15) is 14.9 Å². The zero-order valence-corrected chi connectivity index (χ0v) is 18.5. The number of amides is 1. The highest BCUT2D eigenvalue weighted by atomic mass is 79.9. The van der Waals surface area contributed by atoms with Crippen LogP contribution >= 0.6 is 54.5 Å². The van der Waals surface area contributed by atoms with Crippen LogP contribution in [0.25, 0.3) is 0 Å². The summed E-state index contributed by atoms with van der Waals surface area (Å²) in [4.78, 5) is 25.7. The van der Waals surface area contributed by atoms with Gasteiger partial charge in [-0.3, -0.25) is 4.79 Å². The number of carbonyl (C=O) groups excluding carboxylic acids is 2. The second-order valence-electron chi connectivity index (χ2n) is 6.02. The maximum absolute atomic E-state index is 12.2. The molecule has 1 atom stereocenters. The topological polar surface area (TPSA) is 79.2 Å². The standard InChI is InChI=1S/C17H14Br2N2O3S2/c1-8-2-3-9-10(6-20)16(26-12(9)4-8)21-14(22)7-24-17(23)13-5-11(18)15(19)25-13/h5,8H,2-4,7H2,1H3,(H,21,22). The van der Waals surface area contributed by atoms with Gasteiger partial charge in [0.1, 0.15) is 15.9 Å². The van der Waals surface area contributed by atoms with Crippen LogP contribution < -0.4 is 5.32 Å². The summed E-state index contributed by atoms with van der Waals surface area (Å²) < 4.78 is 6.61. The van der Waals surface area contributed by atoms with Crippen LogP contribution in [0.1, 0.15) is 39.0 Å². The van der Waals surface area contributed by atoms with Crippen molar-refractivity contribution in [1.82, 2.24) is 0 Å². The number of anilines is 1. The molecule has 26 heavy (non-hydrogen) atoms. The Morgan fingerprint density at radius 3 is 2.85 bits per heavy atom. The van der Waals surface area contributed by atoms with Gasteiger partial charge in [-0.1, -0.05) is 6.92 Å². The van der Waals surface area contributed by atoms with Gasteiger partial charge in [0, 0.05) is 9.35 Å². The molecule has 0 radical (unpaired) electrons. The van der Waals surface area contributed by atoms with Crippen LogP contribution in [0.3, 0.4) is 0 Å². The lowest BCUT2D eigenvalue weighted by Gasteiger charge is -2.17. The van der Waals surface area contributed by atoms with Gasteiger partial charge in [-0.25, -0.2) is 4.79 Å². The van der Waals surface area contributed by atoms with E-state index in [0.29, 0.717) is 21.4 Å². The number of nitrogens with zero attached hydrogens (tertiary/aromatic N) is 1. The highest BCUT2D eigenvalue weighted by molar-refractivity contribution is 9.13. The number of halogens is 2. The number of nitrogens with one attached hydrogen (secondary N) is 1. The van der Waals surface area contributed by atoms with E-state index >= 15 is 0 Å². The molecule has 0 aliphatic heterocycles. The average molecular weight is 518 g/mol. The molecule has 2 heterocycles. The third-order valence-corrected chi connectivity index (χ3v) is 8.46. The molecule has 0 aromatic carbocycles. The lowest BCUT2D eigenvalue weighted by Crippen LogP contribution is -2.20. The maximum atomic E-state index is 12.2. The van der Waals surface area contributed by atoms with Crippen molar-refractivity contribution in [2.24, 2.45) is 5.92 Å². The third-order valence-electron chi connectivity index (χ3n) is 4.06. The van der Waals surface area contributed by atoms with Crippen LogP contribution in [-0.2, 0) is 22.4 Å². The van der Waals surface area contributed by atoms with Crippen molar-refractivity contribution in [3.05, 3.63) is 35.2 Å². The van der Waals surface area contributed by atoms with Crippen molar-refractivity contribution in [1.29, 1.82) is 5.26 Å². The highest BCUT2D eigenvalue weighted by Gasteiger charge is 2.25. The Labute approximate surface area is 175 Å². The lowest BCUT2D eigenvalue weighted by atomic mass is 9.89. The van der Waals surface area contributed by atoms with Gasteiger partial charge in [0.15, 0.2) is 6.61 Å². The van der Waals surface area contributed by atoms with Crippen molar-refractivity contribution >= 4 is 71.4 Å². The van der Waals surface area contributed by atoms with Crippen LogP contribution in [0.5, 0.6) is 0 Å². The molecule has 1 unspecified atom stereocenters. The number of rotatable bonds is 4. The summed E-state index contributed by atoms with van der Waals surface area (Å²) in [6, 6.07) is 3.84. The zero-order chi connectivity index (χ0) is 18.8. The monoisotopic (exact) mass is 516 g/mol. The number of nitriles is 1. The summed E-state index contributed by atoms with van der Waals surface area (Å²) >= 11 is 9.29. The molecule has 0 bridgehead atoms. The van der Waals surface area contributed by atoms with E-state index in [-0.39, 0.29) is 0 Å². The largest absolute Gasteiger partial charge is 0.451 e. The molecule has 9 heteroatoms. The number of carbonyl (C=O) groups is 2. The summed E-state index contributed by atoms with van der Waals surface area (Å²) in [6.45, 7) is 1.80.